The Balaban J connectivity index is 2.12. The van der Waals surface area contributed by atoms with Crippen LogP contribution in [0.4, 0.5) is 5.69 Å². The Morgan fingerprint density at radius 2 is 1.96 bits per heavy atom. The fraction of sp³-hybridized carbons (Fsp3) is 0.348. The molecule has 0 fully saturated rings. The molecule has 2 nitrogen and oxygen atoms in total. The minimum Gasteiger partial charge on any atom is -0.369 e. The monoisotopic (exact) mass is 398 g/mol. The summed E-state index contributed by atoms with van der Waals surface area (Å²) < 4.78 is 0. The molecule has 1 unspecified atom stereocenters. The molecule has 1 atom stereocenters. The van der Waals surface area contributed by atoms with Crippen molar-refractivity contribution in [2.45, 2.75) is 45.6 Å². The quantitative estimate of drug-likeness (QED) is 0.398. The van der Waals surface area contributed by atoms with E-state index in [0.29, 0.717) is 27.1 Å². The highest BCUT2D eigenvalue weighted by Crippen LogP contribution is 2.44. The van der Waals surface area contributed by atoms with Gasteiger partial charge in [0.05, 0.1) is 16.7 Å². The van der Waals surface area contributed by atoms with E-state index in [0.717, 1.165) is 17.5 Å². The van der Waals surface area contributed by atoms with Crippen molar-refractivity contribution in [1.29, 1.82) is 5.26 Å². The number of anilines is 1. The molecule has 1 heterocycles. The minimum atomic E-state index is 0.130. The van der Waals surface area contributed by atoms with E-state index in [1.165, 1.54) is 11.3 Å². The van der Waals surface area contributed by atoms with E-state index in [9.17, 15) is 5.26 Å². The van der Waals surface area contributed by atoms with Gasteiger partial charge in [0.2, 0.25) is 0 Å². The lowest BCUT2D eigenvalue weighted by Crippen LogP contribution is -2.45. The first-order valence-corrected chi connectivity index (χ1v) is 9.85. The molecule has 1 aliphatic rings. The standard InChI is InChI=1S/C23H24Cl2N2/c1-14-8-22-20(15(2)12-23(3,4)27(22)5)10-16(14)9-17(13-26)19-7-6-18(24)11-21(19)25/h6-11,15H,12H2,1-5H3/b17-9+. The number of hydrogen-bond donors (Lipinski definition) is 0. The maximum Gasteiger partial charge on any atom is 0.0998 e. The zero-order valence-electron chi connectivity index (χ0n) is 16.4. The van der Waals surface area contributed by atoms with E-state index in [-0.39, 0.29) is 5.54 Å². The van der Waals surface area contributed by atoms with Crippen LogP contribution in [0.1, 0.15) is 55.4 Å². The molecule has 0 saturated carbocycles. The predicted molar refractivity (Wildman–Crippen MR) is 117 cm³/mol. The third-order valence-corrected chi connectivity index (χ3v) is 6.21. The number of hydrogen-bond acceptors (Lipinski definition) is 2. The van der Waals surface area contributed by atoms with Crippen molar-refractivity contribution in [3.8, 4) is 6.07 Å². The van der Waals surface area contributed by atoms with E-state index in [4.69, 9.17) is 23.2 Å². The molecule has 2 aromatic rings. The molecule has 0 aliphatic carbocycles. The van der Waals surface area contributed by atoms with Gasteiger partial charge < -0.3 is 4.90 Å². The van der Waals surface area contributed by atoms with Crippen molar-refractivity contribution < 1.29 is 0 Å². The average Bonchev–Trinajstić information content (AvgIpc) is 2.59. The normalized spacial score (nSPS) is 18.8. The number of rotatable bonds is 2. The van der Waals surface area contributed by atoms with E-state index in [2.05, 4.69) is 57.8 Å². The summed E-state index contributed by atoms with van der Waals surface area (Å²) >= 11 is 12.3. The largest absolute Gasteiger partial charge is 0.369 e. The fourth-order valence-electron chi connectivity index (χ4n) is 3.92. The molecule has 0 amide bonds. The van der Waals surface area contributed by atoms with Gasteiger partial charge in [-0.15, -0.1) is 0 Å². The lowest BCUT2D eigenvalue weighted by Gasteiger charge is -2.45. The summed E-state index contributed by atoms with van der Waals surface area (Å²) in [5, 5.41) is 10.8. The average molecular weight is 399 g/mol. The summed E-state index contributed by atoms with van der Waals surface area (Å²) in [6.45, 7) is 8.93. The van der Waals surface area contributed by atoms with E-state index < -0.39 is 0 Å². The van der Waals surface area contributed by atoms with Gasteiger partial charge in [-0.25, -0.2) is 0 Å². The highest BCUT2D eigenvalue weighted by Gasteiger charge is 2.34. The Morgan fingerprint density at radius 3 is 2.59 bits per heavy atom. The SMILES string of the molecule is Cc1cc2c(cc1/C=C(\C#N)c1ccc(Cl)cc1Cl)C(C)CC(C)(C)N2C. The molecule has 0 bridgehead atoms. The van der Waals surface area contributed by atoms with Crippen LogP contribution < -0.4 is 4.90 Å². The summed E-state index contributed by atoms with van der Waals surface area (Å²) in [7, 11) is 2.16. The summed E-state index contributed by atoms with van der Waals surface area (Å²) in [5.74, 6) is 0.462. The number of fused-ring (bicyclic) bond motifs is 1. The van der Waals surface area contributed by atoms with Crippen LogP contribution in [0.5, 0.6) is 0 Å². The van der Waals surface area contributed by atoms with Crippen molar-refractivity contribution in [2.75, 3.05) is 11.9 Å². The molecule has 0 aromatic heterocycles. The number of nitrogens with zero attached hydrogens (tertiary/aromatic N) is 2. The Bertz CT molecular complexity index is 967. The smallest absolute Gasteiger partial charge is 0.0998 e. The number of halogens is 2. The maximum absolute atomic E-state index is 9.71. The minimum absolute atomic E-state index is 0.130. The first-order chi connectivity index (χ1) is 12.6. The van der Waals surface area contributed by atoms with Gasteiger partial charge in [0.25, 0.3) is 0 Å². The Labute approximate surface area is 172 Å². The van der Waals surface area contributed by atoms with Gasteiger partial charge in [0, 0.05) is 28.9 Å². The molecular formula is C23H24Cl2N2. The van der Waals surface area contributed by atoms with Gasteiger partial charge in [-0.05, 0) is 80.1 Å². The fourth-order valence-corrected chi connectivity index (χ4v) is 4.43. The third kappa shape index (κ3) is 3.72. The van der Waals surface area contributed by atoms with Gasteiger partial charge in [0.1, 0.15) is 0 Å². The maximum atomic E-state index is 9.71. The summed E-state index contributed by atoms with van der Waals surface area (Å²) in [5.41, 5.74) is 6.17. The summed E-state index contributed by atoms with van der Waals surface area (Å²) in [4.78, 5) is 2.37. The molecule has 1 aliphatic heterocycles. The Hall–Kier alpha value is -1.95. The van der Waals surface area contributed by atoms with Crippen LogP contribution in [0, 0.1) is 18.3 Å². The zero-order chi connectivity index (χ0) is 19.9. The highest BCUT2D eigenvalue weighted by molar-refractivity contribution is 6.36. The van der Waals surface area contributed by atoms with Crippen LogP contribution in [0.15, 0.2) is 30.3 Å². The first-order valence-electron chi connectivity index (χ1n) is 9.09. The van der Waals surface area contributed by atoms with Crippen LogP contribution in [0.3, 0.4) is 0 Å². The van der Waals surface area contributed by atoms with Crippen molar-refractivity contribution in [1.82, 2.24) is 0 Å². The molecule has 3 rings (SSSR count). The summed E-state index contributed by atoms with van der Waals surface area (Å²) in [6, 6.07) is 12.0. The molecule has 0 N–H and O–H groups in total. The predicted octanol–water partition coefficient (Wildman–Crippen LogP) is 7.09. The Morgan fingerprint density at radius 1 is 1.26 bits per heavy atom. The molecule has 0 radical (unpaired) electrons. The second kappa shape index (κ2) is 7.23. The molecule has 0 spiro atoms. The van der Waals surface area contributed by atoms with Gasteiger partial charge in [-0.3, -0.25) is 0 Å². The lowest BCUT2D eigenvalue weighted by molar-refractivity contribution is 0.395. The number of allylic oxidation sites excluding steroid dienone is 1. The van der Waals surface area contributed by atoms with Crippen LogP contribution >= 0.6 is 23.2 Å². The number of nitriles is 1. The van der Waals surface area contributed by atoms with Gasteiger partial charge in [0.15, 0.2) is 0 Å². The van der Waals surface area contributed by atoms with Crippen LogP contribution in [0.25, 0.3) is 11.6 Å². The van der Waals surface area contributed by atoms with Crippen LogP contribution in [-0.2, 0) is 0 Å². The van der Waals surface area contributed by atoms with Crippen molar-refractivity contribution in [3.05, 3.63) is 62.6 Å². The van der Waals surface area contributed by atoms with Gasteiger partial charge >= 0.3 is 0 Å². The third-order valence-electron chi connectivity index (χ3n) is 5.66. The van der Waals surface area contributed by atoms with E-state index >= 15 is 0 Å². The van der Waals surface area contributed by atoms with E-state index in [1.807, 2.05) is 6.08 Å². The van der Waals surface area contributed by atoms with Crippen molar-refractivity contribution in [3.63, 3.8) is 0 Å². The summed E-state index contributed by atoms with van der Waals surface area (Å²) in [6.07, 6.45) is 3.02. The molecule has 27 heavy (non-hydrogen) atoms. The van der Waals surface area contributed by atoms with Crippen molar-refractivity contribution >= 4 is 40.5 Å². The van der Waals surface area contributed by atoms with Crippen molar-refractivity contribution in [2.24, 2.45) is 0 Å². The van der Waals surface area contributed by atoms with E-state index in [1.54, 1.807) is 18.2 Å². The molecule has 140 valence electrons. The Kier molecular flexibility index (Phi) is 5.30. The lowest BCUT2D eigenvalue weighted by atomic mass is 9.79. The molecular weight excluding hydrogens is 375 g/mol. The van der Waals surface area contributed by atoms with Crippen LogP contribution in [-0.4, -0.2) is 12.6 Å². The van der Waals surface area contributed by atoms with Gasteiger partial charge in [-0.1, -0.05) is 36.2 Å². The second-order valence-electron chi connectivity index (χ2n) is 8.04. The molecule has 2 aromatic carbocycles. The number of aryl methyl sites for hydroxylation is 1. The topological polar surface area (TPSA) is 27.0 Å². The first kappa shape index (κ1) is 19.8. The van der Waals surface area contributed by atoms with Crippen LogP contribution in [0.2, 0.25) is 10.0 Å². The highest BCUT2D eigenvalue weighted by atomic mass is 35.5. The zero-order valence-corrected chi connectivity index (χ0v) is 17.9. The second-order valence-corrected chi connectivity index (χ2v) is 8.88. The van der Waals surface area contributed by atoms with Gasteiger partial charge in [-0.2, -0.15) is 5.26 Å². The molecule has 4 heteroatoms. The molecule has 0 saturated heterocycles. The number of benzene rings is 2.